The van der Waals surface area contributed by atoms with Gasteiger partial charge in [0.2, 0.25) is 0 Å². The first-order valence-electron chi connectivity index (χ1n) is 13.4. The van der Waals surface area contributed by atoms with Crippen LogP contribution in [0.2, 0.25) is 0 Å². The van der Waals surface area contributed by atoms with E-state index in [1.54, 1.807) is 16.8 Å². The lowest BCUT2D eigenvalue weighted by molar-refractivity contribution is -0.141. The largest absolute Gasteiger partial charge is 0.435 e. The number of amides is 1. The van der Waals surface area contributed by atoms with E-state index in [-0.39, 0.29) is 17.4 Å². The Labute approximate surface area is 225 Å². The van der Waals surface area contributed by atoms with E-state index in [9.17, 15) is 18.0 Å². The van der Waals surface area contributed by atoms with E-state index in [1.807, 2.05) is 43.9 Å². The van der Waals surface area contributed by atoms with Gasteiger partial charge in [0, 0.05) is 50.2 Å². The second kappa shape index (κ2) is 10.5. The molecule has 0 radical (unpaired) electrons. The number of rotatable bonds is 6. The van der Waals surface area contributed by atoms with Crippen LogP contribution in [0, 0.1) is 18.8 Å². The molecule has 10 heteroatoms. The van der Waals surface area contributed by atoms with E-state index >= 15 is 0 Å². The molecule has 206 valence electrons. The first-order valence-corrected chi connectivity index (χ1v) is 13.4. The molecule has 0 bridgehead atoms. The lowest BCUT2D eigenvalue weighted by atomic mass is 9.97. The van der Waals surface area contributed by atoms with Gasteiger partial charge in [-0.3, -0.25) is 18.9 Å². The number of hydrogen-bond donors (Lipinski definition) is 0. The minimum atomic E-state index is -4.60. The molecule has 0 N–H and O–H groups in total. The predicted molar refractivity (Wildman–Crippen MR) is 142 cm³/mol. The van der Waals surface area contributed by atoms with Crippen molar-refractivity contribution in [3.8, 4) is 11.3 Å². The van der Waals surface area contributed by atoms with Crippen molar-refractivity contribution in [3.05, 3.63) is 71.1 Å². The second-order valence-corrected chi connectivity index (χ2v) is 11.0. The van der Waals surface area contributed by atoms with Crippen molar-refractivity contribution >= 4 is 11.6 Å². The van der Waals surface area contributed by atoms with Gasteiger partial charge in [0.25, 0.3) is 5.91 Å². The minimum absolute atomic E-state index is 0.0152. The number of benzene rings is 1. The summed E-state index contributed by atoms with van der Waals surface area (Å²) >= 11 is 0. The quantitative estimate of drug-likeness (QED) is 0.300. The van der Waals surface area contributed by atoms with Crippen molar-refractivity contribution in [3.63, 3.8) is 0 Å². The van der Waals surface area contributed by atoms with Gasteiger partial charge in [-0.1, -0.05) is 32.9 Å². The highest BCUT2D eigenvalue weighted by molar-refractivity contribution is 5.95. The molecule has 1 aliphatic heterocycles. The molecule has 5 rings (SSSR count). The maximum absolute atomic E-state index is 13.9. The summed E-state index contributed by atoms with van der Waals surface area (Å²) in [5.74, 6) is 0.847. The molecule has 4 heterocycles. The Kier molecular flexibility index (Phi) is 7.22. The molecule has 1 aliphatic rings. The molecule has 0 aliphatic carbocycles. The Morgan fingerprint density at radius 3 is 2.56 bits per heavy atom. The molecule has 0 spiro atoms. The number of likely N-dealkylation sites (tertiary alicyclic amines) is 1. The van der Waals surface area contributed by atoms with Gasteiger partial charge in [0.15, 0.2) is 11.3 Å². The number of piperidine rings is 1. The Morgan fingerprint density at radius 1 is 1.15 bits per heavy atom. The fourth-order valence-electron chi connectivity index (χ4n) is 5.23. The highest BCUT2D eigenvalue weighted by Gasteiger charge is 2.38. The second-order valence-electron chi connectivity index (χ2n) is 11.0. The number of imidazole rings is 1. The number of aryl methyl sites for hydroxylation is 1. The van der Waals surface area contributed by atoms with E-state index in [0.29, 0.717) is 41.5 Å². The smallest absolute Gasteiger partial charge is 0.339 e. The van der Waals surface area contributed by atoms with Gasteiger partial charge in [-0.15, -0.1) is 0 Å². The summed E-state index contributed by atoms with van der Waals surface area (Å²) < 4.78 is 44.6. The standard InChI is InChI=1S/C29H33F3N6O/c1-18(2)16-37-17-23(26(35-37)29(30,31)32)25-15-34-27-24(33-9-12-38(25)27)14-21-5-6-22(20(4)13-21)28(39)36-10-7-19(3)8-11-36/h5-6,9,12-13,15,17-19H,7-8,10-11,14,16H2,1-4H3. The van der Waals surface area contributed by atoms with Crippen LogP contribution in [-0.4, -0.2) is 48.0 Å². The number of aromatic nitrogens is 5. The molecule has 1 saturated heterocycles. The zero-order chi connectivity index (χ0) is 27.9. The molecule has 0 unspecified atom stereocenters. The van der Waals surface area contributed by atoms with E-state index < -0.39 is 11.9 Å². The molecule has 0 atom stereocenters. The van der Waals surface area contributed by atoms with Gasteiger partial charge in [0.05, 0.1) is 23.1 Å². The SMILES string of the molecule is Cc1cc(Cc2nccn3c(-c4cn(CC(C)C)nc4C(F)(F)F)cnc23)ccc1C(=O)N1CCC(C)CC1. The lowest BCUT2D eigenvalue weighted by Crippen LogP contribution is -2.38. The van der Waals surface area contributed by atoms with Gasteiger partial charge in [-0.2, -0.15) is 18.3 Å². The van der Waals surface area contributed by atoms with E-state index in [0.717, 1.165) is 37.1 Å². The van der Waals surface area contributed by atoms with Crippen molar-refractivity contribution < 1.29 is 18.0 Å². The number of alkyl halides is 3. The van der Waals surface area contributed by atoms with Crippen molar-refractivity contribution in [2.45, 2.75) is 59.7 Å². The van der Waals surface area contributed by atoms with Crippen LogP contribution in [0.1, 0.15) is 66.5 Å². The summed E-state index contributed by atoms with van der Waals surface area (Å²) in [5.41, 5.74) is 3.01. The third-order valence-corrected chi connectivity index (χ3v) is 7.32. The molecule has 0 saturated carbocycles. The number of hydrogen-bond acceptors (Lipinski definition) is 4. The summed E-state index contributed by atoms with van der Waals surface area (Å²) in [6.07, 6.45) is 3.95. The molecule has 39 heavy (non-hydrogen) atoms. The Balaban J connectivity index is 1.43. The summed E-state index contributed by atoms with van der Waals surface area (Å²) in [5, 5.41) is 3.85. The van der Waals surface area contributed by atoms with Crippen LogP contribution < -0.4 is 0 Å². The number of nitrogens with zero attached hydrogens (tertiary/aromatic N) is 6. The number of carbonyl (C=O) groups is 1. The minimum Gasteiger partial charge on any atom is -0.339 e. The highest BCUT2D eigenvalue weighted by atomic mass is 19.4. The van der Waals surface area contributed by atoms with Crippen LogP contribution in [0.4, 0.5) is 13.2 Å². The first-order chi connectivity index (χ1) is 18.5. The average molecular weight is 539 g/mol. The predicted octanol–water partition coefficient (Wildman–Crippen LogP) is 6.04. The van der Waals surface area contributed by atoms with E-state index in [1.165, 1.54) is 17.1 Å². The van der Waals surface area contributed by atoms with Crippen molar-refractivity contribution in [2.24, 2.45) is 11.8 Å². The van der Waals surface area contributed by atoms with Crippen LogP contribution in [0.25, 0.3) is 16.9 Å². The van der Waals surface area contributed by atoms with Gasteiger partial charge >= 0.3 is 6.18 Å². The van der Waals surface area contributed by atoms with Crippen LogP contribution in [-0.2, 0) is 19.1 Å². The fourth-order valence-corrected chi connectivity index (χ4v) is 5.23. The summed E-state index contributed by atoms with van der Waals surface area (Å²) in [4.78, 5) is 24.0. The molecule has 4 aromatic rings. The normalized spacial score (nSPS) is 15.0. The highest BCUT2D eigenvalue weighted by Crippen LogP contribution is 2.36. The van der Waals surface area contributed by atoms with E-state index in [2.05, 4.69) is 22.0 Å². The maximum atomic E-state index is 13.9. The topological polar surface area (TPSA) is 68.3 Å². The summed E-state index contributed by atoms with van der Waals surface area (Å²) in [6, 6.07) is 5.76. The van der Waals surface area contributed by atoms with Crippen LogP contribution in [0.3, 0.4) is 0 Å². The Morgan fingerprint density at radius 2 is 1.90 bits per heavy atom. The third kappa shape index (κ3) is 5.55. The lowest BCUT2D eigenvalue weighted by Gasteiger charge is -2.30. The van der Waals surface area contributed by atoms with Gasteiger partial charge in [-0.05, 0) is 48.8 Å². The van der Waals surface area contributed by atoms with Crippen molar-refractivity contribution in [2.75, 3.05) is 13.1 Å². The van der Waals surface area contributed by atoms with Crippen molar-refractivity contribution in [1.82, 2.24) is 29.0 Å². The first kappa shape index (κ1) is 26.9. The van der Waals surface area contributed by atoms with Crippen LogP contribution in [0.15, 0.2) is 43.0 Å². The van der Waals surface area contributed by atoms with Crippen LogP contribution in [0.5, 0.6) is 0 Å². The number of fused-ring (bicyclic) bond motifs is 1. The molecular weight excluding hydrogens is 505 g/mol. The zero-order valence-corrected chi connectivity index (χ0v) is 22.7. The summed E-state index contributed by atoms with van der Waals surface area (Å²) in [7, 11) is 0. The van der Waals surface area contributed by atoms with E-state index in [4.69, 9.17) is 0 Å². The van der Waals surface area contributed by atoms with Gasteiger partial charge < -0.3 is 4.90 Å². The molecular formula is C29H33F3N6O. The number of carbonyl (C=O) groups excluding carboxylic acids is 1. The Bertz CT molecular complexity index is 1490. The zero-order valence-electron chi connectivity index (χ0n) is 22.7. The van der Waals surface area contributed by atoms with Gasteiger partial charge in [0.1, 0.15) is 0 Å². The fraction of sp³-hybridized carbons (Fsp3) is 0.448. The third-order valence-electron chi connectivity index (χ3n) is 7.32. The summed E-state index contributed by atoms with van der Waals surface area (Å²) in [6.45, 7) is 9.94. The average Bonchev–Trinajstić information content (AvgIpc) is 3.48. The molecule has 3 aromatic heterocycles. The monoisotopic (exact) mass is 538 g/mol. The number of halogens is 3. The Hall–Kier alpha value is -3.69. The van der Waals surface area contributed by atoms with Crippen LogP contribution >= 0.6 is 0 Å². The molecule has 1 fully saturated rings. The van der Waals surface area contributed by atoms with Gasteiger partial charge in [-0.25, -0.2) is 4.98 Å². The molecule has 1 aromatic carbocycles. The molecule has 1 amide bonds. The van der Waals surface area contributed by atoms with Crippen molar-refractivity contribution in [1.29, 1.82) is 0 Å². The molecule has 7 nitrogen and oxygen atoms in total. The maximum Gasteiger partial charge on any atom is 0.435 e.